The highest BCUT2D eigenvalue weighted by molar-refractivity contribution is 5.95. The number of para-hydroxylation sites is 1. The topological polar surface area (TPSA) is 32.3 Å². The van der Waals surface area contributed by atoms with Crippen molar-refractivity contribution in [2.45, 2.75) is 18.9 Å². The maximum Gasteiger partial charge on any atom is 0.241 e. The molecule has 17 heavy (non-hydrogen) atoms. The fourth-order valence-corrected chi connectivity index (χ4v) is 2.18. The first-order chi connectivity index (χ1) is 8.31. The number of hydrogen-bond acceptors (Lipinski definition) is 2. The van der Waals surface area contributed by atoms with E-state index in [9.17, 15) is 4.79 Å². The second kappa shape index (κ2) is 5.51. The number of nitrogens with one attached hydrogen (secondary N) is 1. The van der Waals surface area contributed by atoms with Crippen LogP contribution in [0.4, 0.5) is 5.69 Å². The van der Waals surface area contributed by atoms with Crippen LogP contribution >= 0.6 is 0 Å². The van der Waals surface area contributed by atoms with Crippen LogP contribution in [0, 0.1) is 12.3 Å². The van der Waals surface area contributed by atoms with Crippen LogP contribution < -0.4 is 5.32 Å². The summed E-state index contributed by atoms with van der Waals surface area (Å²) in [5, 5.41) is 2.92. The average molecular weight is 228 g/mol. The smallest absolute Gasteiger partial charge is 0.241 e. The minimum Gasteiger partial charge on any atom is -0.325 e. The summed E-state index contributed by atoms with van der Waals surface area (Å²) in [4.78, 5) is 14.1. The molecule has 1 heterocycles. The van der Waals surface area contributed by atoms with Gasteiger partial charge in [0.05, 0.1) is 12.6 Å². The van der Waals surface area contributed by atoms with E-state index in [0.29, 0.717) is 6.54 Å². The molecule has 0 aromatic heterocycles. The maximum atomic E-state index is 12.1. The van der Waals surface area contributed by atoms with E-state index in [1.807, 2.05) is 30.3 Å². The molecule has 1 amide bonds. The van der Waals surface area contributed by atoms with Crippen LogP contribution in [0.2, 0.25) is 0 Å². The molecule has 0 radical (unpaired) electrons. The Balaban J connectivity index is 1.98. The predicted molar refractivity (Wildman–Crippen MR) is 68.5 cm³/mol. The summed E-state index contributed by atoms with van der Waals surface area (Å²) in [5.74, 6) is 2.65. The Labute approximate surface area is 102 Å². The van der Waals surface area contributed by atoms with Crippen LogP contribution in [0.15, 0.2) is 30.3 Å². The first kappa shape index (κ1) is 11.7. The van der Waals surface area contributed by atoms with E-state index in [4.69, 9.17) is 6.42 Å². The first-order valence-electron chi connectivity index (χ1n) is 5.84. The van der Waals surface area contributed by atoms with Gasteiger partial charge in [-0.1, -0.05) is 24.1 Å². The Bertz CT molecular complexity index is 422. The second-order valence-electron chi connectivity index (χ2n) is 4.19. The quantitative estimate of drug-likeness (QED) is 0.799. The number of hydrogen-bond donors (Lipinski definition) is 1. The fraction of sp³-hybridized carbons (Fsp3) is 0.357. The molecule has 88 valence electrons. The molecule has 1 saturated heterocycles. The monoisotopic (exact) mass is 228 g/mol. The van der Waals surface area contributed by atoms with Crippen molar-refractivity contribution in [2.24, 2.45) is 0 Å². The molecule has 0 saturated carbocycles. The lowest BCUT2D eigenvalue weighted by molar-refractivity contribution is -0.120. The zero-order valence-corrected chi connectivity index (χ0v) is 9.73. The average Bonchev–Trinajstić information content (AvgIpc) is 2.79. The fourth-order valence-electron chi connectivity index (χ4n) is 2.18. The minimum absolute atomic E-state index is 0.0453. The molecular weight excluding hydrogens is 212 g/mol. The van der Waals surface area contributed by atoms with Gasteiger partial charge in [0.15, 0.2) is 0 Å². The van der Waals surface area contributed by atoms with Gasteiger partial charge in [-0.3, -0.25) is 9.69 Å². The highest BCUT2D eigenvalue weighted by Gasteiger charge is 2.29. The van der Waals surface area contributed by atoms with E-state index in [0.717, 1.165) is 25.1 Å². The number of likely N-dealkylation sites (tertiary alicyclic amines) is 1. The Morgan fingerprint density at radius 2 is 2.24 bits per heavy atom. The van der Waals surface area contributed by atoms with Gasteiger partial charge in [-0.05, 0) is 31.5 Å². The molecule has 2 rings (SSSR count). The van der Waals surface area contributed by atoms with Crippen LogP contribution in [0.1, 0.15) is 12.8 Å². The van der Waals surface area contributed by atoms with Crippen molar-refractivity contribution in [2.75, 3.05) is 18.4 Å². The lowest BCUT2D eigenvalue weighted by Gasteiger charge is -2.21. The Morgan fingerprint density at radius 1 is 1.47 bits per heavy atom. The molecule has 3 nitrogen and oxygen atoms in total. The molecule has 1 aliphatic rings. The van der Waals surface area contributed by atoms with E-state index in [1.165, 1.54) is 0 Å². The van der Waals surface area contributed by atoms with Gasteiger partial charge in [-0.25, -0.2) is 0 Å². The van der Waals surface area contributed by atoms with E-state index in [-0.39, 0.29) is 11.9 Å². The van der Waals surface area contributed by atoms with Crippen molar-refractivity contribution in [3.05, 3.63) is 30.3 Å². The molecule has 0 bridgehead atoms. The Morgan fingerprint density at radius 3 is 2.94 bits per heavy atom. The van der Waals surface area contributed by atoms with Crippen molar-refractivity contribution in [1.82, 2.24) is 4.90 Å². The number of amides is 1. The second-order valence-corrected chi connectivity index (χ2v) is 4.19. The van der Waals surface area contributed by atoms with Gasteiger partial charge in [0, 0.05) is 5.69 Å². The Kier molecular flexibility index (Phi) is 3.79. The number of benzene rings is 1. The normalized spacial score (nSPS) is 19.8. The number of anilines is 1. The molecule has 1 N–H and O–H groups in total. The molecule has 0 aliphatic carbocycles. The van der Waals surface area contributed by atoms with Gasteiger partial charge in [0.25, 0.3) is 0 Å². The van der Waals surface area contributed by atoms with Crippen molar-refractivity contribution >= 4 is 11.6 Å². The van der Waals surface area contributed by atoms with Gasteiger partial charge in [-0.15, -0.1) is 6.42 Å². The summed E-state index contributed by atoms with van der Waals surface area (Å²) >= 11 is 0. The van der Waals surface area contributed by atoms with Gasteiger partial charge in [-0.2, -0.15) is 0 Å². The van der Waals surface area contributed by atoms with Crippen molar-refractivity contribution in [1.29, 1.82) is 0 Å². The van der Waals surface area contributed by atoms with Crippen LogP contribution in [-0.2, 0) is 4.79 Å². The van der Waals surface area contributed by atoms with Crippen molar-refractivity contribution in [3.8, 4) is 12.3 Å². The molecule has 0 unspecified atom stereocenters. The highest BCUT2D eigenvalue weighted by atomic mass is 16.2. The van der Waals surface area contributed by atoms with E-state index >= 15 is 0 Å². The summed E-state index contributed by atoms with van der Waals surface area (Å²) in [6.07, 6.45) is 7.23. The third-order valence-corrected chi connectivity index (χ3v) is 3.00. The van der Waals surface area contributed by atoms with Crippen LogP contribution in [0.3, 0.4) is 0 Å². The molecule has 0 spiro atoms. The largest absolute Gasteiger partial charge is 0.325 e. The molecule has 1 fully saturated rings. The minimum atomic E-state index is -0.0775. The van der Waals surface area contributed by atoms with E-state index < -0.39 is 0 Å². The van der Waals surface area contributed by atoms with E-state index in [2.05, 4.69) is 16.1 Å². The number of carbonyl (C=O) groups is 1. The number of terminal acetylenes is 1. The number of carbonyl (C=O) groups excluding carboxylic acids is 1. The van der Waals surface area contributed by atoms with Crippen molar-refractivity contribution in [3.63, 3.8) is 0 Å². The zero-order valence-electron chi connectivity index (χ0n) is 9.73. The first-order valence-corrected chi connectivity index (χ1v) is 5.84. The lowest BCUT2D eigenvalue weighted by Crippen LogP contribution is -2.39. The van der Waals surface area contributed by atoms with E-state index in [1.54, 1.807) is 0 Å². The SMILES string of the molecule is C#CCN1CCC[C@@H]1C(=O)Nc1ccccc1. The molecule has 1 aromatic carbocycles. The summed E-state index contributed by atoms with van der Waals surface area (Å²) < 4.78 is 0. The molecule has 1 aliphatic heterocycles. The summed E-state index contributed by atoms with van der Waals surface area (Å²) in [5.41, 5.74) is 0.838. The standard InChI is InChI=1S/C14H16N2O/c1-2-10-16-11-6-9-13(16)14(17)15-12-7-4-3-5-8-12/h1,3-5,7-8,13H,6,9-11H2,(H,15,17)/t13-/m1/s1. The predicted octanol–water partition coefficient (Wildman–Crippen LogP) is 1.72. The molecule has 1 atom stereocenters. The van der Waals surface area contributed by atoms with Crippen LogP contribution in [-0.4, -0.2) is 29.9 Å². The number of nitrogens with zero attached hydrogens (tertiary/aromatic N) is 1. The third kappa shape index (κ3) is 2.86. The molecular formula is C14H16N2O. The van der Waals surface area contributed by atoms with Gasteiger partial charge in [0.2, 0.25) is 5.91 Å². The molecule has 3 heteroatoms. The molecule has 1 aromatic rings. The van der Waals surface area contributed by atoms with Gasteiger partial charge >= 0.3 is 0 Å². The van der Waals surface area contributed by atoms with Gasteiger partial charge in [0.1, 0.15) is 0 Å². The Hall–Kier alpha value is -1.79. The number of rotatable bonds is 3. The summed E-state index contributed by atoms with van der Waals surface area (Å²) in [6, 6.07) is 9.44. The zero-order chi connectivity index (χ0) is 12.1. The summed E-state index contributed by atoms with van der Waals surface area (Å²) in [6.45, 7) is 1.46. The van der Waals surface area contributed by atoms with Crippen LogP contribution in [0.5, 0.6) is 0 Å². The maximum absolute atomic E-state index is 12.1. The van der Waals surface area contributed by atoms with Crippen molar-refractivity contribution < 1.29 is 4.79 Å². The van der Waals surface area contributed by atoms with Crippen LogP contribution in [0.25, 0.3) is 0 Å². The third-order valence-electron chi connectivity index (χ3n) is 3.00. The lowest BCUT2D eigenvalue weighted by atomic mass is 10.2. The highest BCUT2D eigenvalue weighted by Crippen LogP contribution is 2.18. The summed E-state index contributed by atoms with van der Waals surface area (Å²) in [7, 11) is 0. The van der Waals surface area contributed by atoms with Gasteiger partial charge < -0.3 is 5.32 Å².